The number of nitrogens with zero attached hydrogens (tertiary/aromatic N) is 3. The first-order chi connectivity index (χ1) is 12.4. The van der Waals surface area contributed by atoms with Crippen molar-refractivity contribution < 1.29 is 9.59 Å². The summed E-state index contributed by atoms with van der Waals surface area (Å²) in [4.78, 5) is 32.7. The van der Waals surface area contributed by atoms with E-state index in [9.17, 15) is 9.59 Å². The number of benzene rings is 1. The van der Waals surface area contributed by atoms with Gasteiger partial charge < -0.3 is 9.80 Å². The maximum absolute atomic E-state index is 12.8. The lowest BCUT2D eigenvalue weighted by atomic mass is 10.1. The van der Waals surface area contributed by atoms with E-state index in [1.54, 1.807) is 22.2 Å². The third-order valence-electron chi connectivity index (χ3n) is 4.85. The lowest BCUT2D eigenvalue weighted by Gasteiger charge is -2.22. The Balaban J connectivity index is 1.63. The first kappa shape index (κ1) is 18.1. The van der Waals surface area contributed by atoms with Crippen molar-refractivity contribution in [3.05, 3.63) is 59.4 Å². The summed E-state index contributed by atoms with van der Waals surface area (Å²) in [6, 6.07) is 10.0. The second-order valence-corrected chi connectivity index (χ2v) is 7.12. The Morgan fingerprint density at radius 1 is 1.19 bits per heavy atom. The summed E-state index contributed by atoms with van der Waals surface area (Å²) in [6.45, 7) is 5.14. The van der Waals surface area contributed by atoms with E-state index in [2.05, 4.69) is 11.1 Å². The maximum atomic E-state index is 12.8. The standard InChI is InChI=1S/C21H25N3O2/c1-15-10-16(2)12-19(11-15)24-14-18(13-20(24)25)21(26)23(3)9-6-17-4-7-22-8-5-17/h4-5,7-8,10-12,18H,6,9,13-14H2,1-3H3. The first-order valence-electron chi connectivity index (χ1n) is 8.96. The van der Waals surface area contributed by atoms with Crippen molar-refractivity contribution in [3.8, 4) is 0 Å². The molecule has 136 valence electrons. The minimum atomic E-state index is -0.272. The quantitative estimate of drug-likeness (QED) is 0.832. The van der Waals surface area contributed by atoms with Crippen molar-refractivity contribution in [2.45, 2.75) is 26.7 Å². The van der Waals surface area contributed by atoms with Gasteiger partial charge in [-0.3, -0.25) is 14.6 Å². The second kappa shape index (κ2) is 7.68. The van der Waals surface area contributed by atoms with Gasteiger partial charge in [-0.2, -0.15) is 0 Å². The van der Waals surface area contributed by atoms with Crippen molar-refractivity contribution in [2.75, 3.05) is 25.0 Å². The van der Waals surface area contributed by atoms with Gasteiger partial charge in [0.1, 0.15) is 0 Å². The van der Waals surface area contributed by atoms with Crippen LogP contribution in [0, 0.1) is 19.8 Å². The Morgan fingerprint density at radius 2 is 1.85 bits per heavy atom. The van der Waals surface area contributed by atoms with Crippen molar-refractivity contribution in [2.24, 2.45) is 5.92 Å². The molecule has 0 radical (unpaired) electrons. The summed E-state index contributed by atoms with van der Waals surface area (Å²) < 4.78 is 0. The van der Waals surface area contributed by atoms with E-state index in [0.29, 0.717) is 13.1 Å². The molecule has 2 amide bonds. The molecule has 5 heteroatoms. The molecule has 0 N–H and O–H groups in total. The molecule has 1 aromatic carbocycles. The molecule has 0 spiro atoms. The Morgan fingerprint density at radius 3 is 2.50 bits per heavy atom. The van der Waals surface area contributed by atoms with Gasteiger partial charge in [-0.25, -0.2) is 0 Å². The molecule has 0 aliphatic carbocycles. The molecular weight excluding hydrogens is 326 g/mol. The normalized spacial score (nSPS) is 16.8. The highest BCUT2D eigenvalue weighted by Crippen LogP contribution is 2.27. The molecule has 0 saturated carbocycles. The van der Waals surface area contributed by atoms with Crippen molar-refractivity contribution in [1.29, 1.82) is 0 Å². The number of carbonyl (C=O) groups is 2. The molecular formula is C21H25N3O2. The summed E-state index contributed by atoms with van der Waals surface area (Å²) >= 11 is 0. The molecule has 2 aromatic rings. The fourth-order valence-electron chi connectivity index (χ4n) is 3.50. The number of rotatable bonds is 5. The van der Waals surface area contributed by atoms with Crippen molar-refractivity contribution in [3.63, 3.8) is 0 Å². The fraction of sp³-hybridized carbons (Fsp3) is 0.381. The van der Waals surface area contributed by atoms with Gasteiger partial charge in [0.2, 0.25) is 11.8 Å². The van der Waals surface area contributed by atoms with Crippen LogP contribution < -0.4 is 4.90 Å². The number of aromatic nitrogens is 1. The van der Waals surface area contributed by atoms with Crippen LogP contribution in [0.3, 0.4) is 0 Å². The molecule has 1 saturated heterocycles. The highest BCUT2D eigenvalue weighted by molar-refractivity contribution is 6.00. The van der Waals surface area contributed by atoms with E-state index in [1.165, 1.54) is 0 Å². The summed E-state index contributed by atoms with van der Waals surface area (Å²) in [5.74, 6) is -0.207. The third-order valence-corrected chi connectivity index (χ3v) is 4.85. The lowest BCUT2D eigenvalue weighted by Crippen LogP contribution is -2.36. The molecule has 1 aromatic heterocycles. The number of aryl methyl sites for hydroxylation is 2. The van der Waals surface area contributed by atoms with Crippen LogP contribution in [-0.2, 0) is 16.0 Å². The number of hydrogen-bond acceptors (Lipinski definition) is 3. The summed E-state index contributed by atoms with van der Waals surface area (Å²) in [5.41, 5.74) is 4.29. The summed E-state index contributed by atoms with van der Waals surface area (Å²) in [6.07, 6.45) is 4.58. The van der Waals surface area contributed by atoms with Gasteiger partial charge in [-0.15, -0.1) is 0 Å². The van der Waals surface area contributed by atoms with E-state index in [4.69, 9.17) is 0 Å². The van der Waals surface area contributed by atoms with Gasteiger partial charge in [-0.05, 0) is 61.2 Å². The third kappa shape index (κ3) is 4.10. The van der Waals surface area contributed by atoms with Gasteiger partial charge in [0.25, 0.3) is 0 Å². The van der Waals surface area contributed by atoms with E-state index in [-0.39, 0.29) is 24.2 Å². The van der Waals surface area contributed by atoms with Gasteiger partial charge in [0, 0.05) is 44.6 Å². The number of pyridine rings is 1. The summed E-state index contributed by atoms with van der Waals surface area (Å²) in [5, 5.41) is 0. The molecule has 1 unspecified atom stereocenters. The highest BCUT2D eigenvalue weighted by Gasteiger charge is 2.36. The molecule has 1 aliphatic heterocycles. The number of amides is 2. The zero-order chi connectivity index (χ0) is 18.7. The molecule has 3 rings (SSSR count). The van der Waals surface area contributed by atoms with E-state index in [0.717, 1.165) is 28.8 Å². The topological polar surface area (TPSA) is 53.5 Å². The smallest absolute Gasteiger partial charge is 0.227 e. The Kier molecular flexibility index (Phi) is 5.35. The molecule has 2 heterocycles. The van der Waals surface area contributed by atoms with E-state index < -0.39 is 0 Å². The lowest BCUT2D eigenvalue weighted by molar-refractivity contribution is -0.134. The van der Waals surface area contributed by atoms with Gasteiger partial charge in [0.15, 0.2) is 0 Å². The van der Waals surface area contributed by atoms with Crippen molar-refractivity contribution in [1.82, 2.24) is 9.88 Å². The SMILES string of the molecule is Cc1cc(C)cc(N2CC(C(=O)N(C)CCc3ccncc3)CC2=O)c1. The van der Waals surface area contributed by atoms with Crippen LogP contribution in [0.15, 0.2) is 42.7 Å². The van der Waals surface area contributed by atoms with Gasteiger partial charge in [-0.1, -0.05) is 6.07 Å². The van der Waals surface area contributed by atoms with Gasteiger partial charge in [0.05, 0.1) is 5.92 Å². The van der Waals surface area contributed by atoms with Crippen LogP contribution in [0.25, 0.3) is 0 Å². The monoisotopic (exact) mass is 351 g/mol. The average molecular weight is 351 g/mol. The van der Waals surface area contributed by atoms with Gasteiger partial charge >= 0.3 is 0 Å². The predicted molar refractivity (Wildman–Crippen MR) is 102 cm³/mol. The molecule has 1 atom stereocenters. The molecule has 26 heavy (non-hydrogen) atoms. The Hall–Kier alpha value is -2.69. The average Bonchev–Trinajstić information content (AvgIpc) is 3.01. The largest absolute Gasteiger partial charge is 0.345 e. The minimum Gasteiger partial charge on any atom is -0.345 e. The van der Waals surface area contributed by atoms with Crippen LogP contribution in [0.1, 0.15) is 23.1 Å². The highest BCUT2D eigenvalue weighted by atomic mass is 16.2. The number of likely N-dealkylation sites (N-methyl/N-ethyl adjacent to an activating group) is 1. The van der Waals surface area contributed by atoms with E-state index >= 15 is 0 Å². The van der Waals surface area contributed by atoms with Crippen LogP contribution >= 0.6 is 0 Å². The summed E-state index contributed by atoms with van der Waals surface area (Å²) in [7, 11) is 1.81. The number of anilines is 1. The maximum Gasteiger partial charge on any atom is 0.227 e. The first-order valence-corrected chi connectivity index (χ1v) is 8.96. The molecule has 1 fully saturated rings. The zero-order valence-corrected chi connectivity index (χ0v) is 15.6. The van der Waals surface area contributed by atoms with Crippen LogP contribution in [0.5, 0.6) is 0 Å². The van der Waals surface area contributed by atoms with E-state index in [1.807, 2.05) is 45.2 Å². The molecule has 1 aliphatic rings. The Bertz CT molecular complexity index is 784. The second-order valence-electron chi connectivity index (χ2n) is 7.12. The Labute approximate surface area is 154 Å². The molecule has 5 nitrogen and oxygen atoms in total. The predicted octanol–water partition coefficient (Wildman–Crippen LogP) is 2.75. The zero-order valence-electron chi connectivity index (χ0n) is 15.6. The number of hydrogen-bond donors (Lipinski definition) is 0. The van der Waals surface area contributed by atoms with Crippen molar-refractivity contribution >= 4 is 17.5 Å². The minimum absolute atomic E-state index is 0.0240. The fourth-order valence-corrected chi connectivity index (χ4v) is 3.50. The number of carbonyl (C=O) groups excluding carboxylic acids is 2. The van der Waals surface area contributed by atoms with Crippen LogP contribution in [0.4, 0.5) is 5.69 Å². The van der Waals surface area contributed by atoms with Crippen LogP contribution in [-0.4, -0.2) is 41.8 Å². The van der Waals surface area contributed by atoms with Crippen LogP contribution in [0.2, 0.25) is 0 Å². The molecule has 0 bridgehead atoms.